The van der Waals surface area contributed by atoms with Crippen molar-refractivity contribution in [1.29, 1.82) is 0 Å². The number of anilines is 1. The Bertz CT molecular complexity index is 357. The Morgan fingerprint density at radius 2 is 2.00 bits per heavy atom. The number of ketones is 1. The maximum absolute atomic E-state index is 11.3. The van der Waals surface area contributed by atoms with Crippen LogP contribution >= 0.6 is 0 Å². The first kappa shape index (κ1) is 8.97. The van der Waals surface area contributed by atoms with Gasteiger partial charge in [0.25, 0.3) is 0 Å². The van der Waals surface area contributed by atoms with E-state index in [2.05, 4.69) is 5.32 Å². The van der Waals surface area contributed by atoms with Crippen LogP contribution in [0.2, 0.25) is 0 Å². The maximum atomic E-state index is 11.3. The average molecular weight is 189 g/mol. The van der Waals surface area contributed by atoms with Gasteiger partial charge in [0.15, 0.2) is 0 Å². The van der Waals surface area contributed by atoms with Gasteiger partial charge in [-0.25, -0.2) is 0 Å². The smallest absolute Gasteiger partial charge is 0.204 e. The molecule has 1 aromatic carbocycles. The summed E-state index contributed by atoms with van der Waals surface area (Å²) in [5, 5.41) is 3.06. The highest BCUT2D eigenvalue weighted by Gasteiger charge is 2.13. The minimum absolute atomic E-state index is 0.0000954. The molecule has 0 fully saturated rings. The van der Waals surface area contributed by atoms with Crippen LogP contribution in [0.25, 0.3) is 0 Å². The molecular formula is C11H11NO2. The highest BCUT2D eigenvalue weighted by molar-refractivity contribution is 5.99. The number of benzene rings is 1. The summed E-state index contributed by atoms with van der Waals surface area (Å²) in [5.74, 6) is 0.0000954. The van der Waals surface area contributed by atoms with Gasteiger partial charge in [-0.1, -0.05) is 18.2 Å². The SMILES string of the molecule is O=C1COCC=C1Nc1ccccc1. The quantitative estimate of drug-likeness (QED) is 0.767. The van der Waals surface area contributed by atoms with Crippen LogP contribution in [-0.4, -0.2) is 19.0 Å². The Morgan fingerprint density at radius 3 is 2.71 bits per heavy atom. The van der Waals surface area contributed by atoms with Crippen molar-refractivity contribution in [2.24, 2.45) is 0 Å². The van der Waals surface area contributed by atoms with Crippen molar-refractivity contribution in [3.63, 3.8) is 0 Å². The van der Waals surface area contributed by atoms with E-state index >= 15 is 0 Å². The van der Waals surface area contributed by atoms with Gasteiger partial charge in [-0.15, -0.1) is 0 Å². The second kappa shape index (κ2) is 4.07. The Kier molecular flexibility index (Phi) is 2.60. The molecule has 0 radical (unpaired) electrons. The third kappa shape index (κ3) is 2.00. The number of hydrogen-bond acceptors (Lipinski definition) is 3. The van der Waals surface area contributed by atoms with E-state index < -0.39 is 0 Å². The summed E-state index contributed by atoms with van der Waals surface area (Å²) in [6.45, 7) is 0.673. The van der Waals surface area contributed by atoms with Crippen LogP contribution in [0.3, 0.4) is 0 Å². The van der Waals surface area contributed by atoms with E-state index in [1.54, 1.807) is 6.08 Å². The zero-order chi connectivity index (χ0) is 9.80. The predicted octanol–water partition coefficient (Wildman–Crippen LogP) is 1.58. The van der Waals surface area contributed by atoms with Gasteiger partial charge in [-0.05, 0) is 18.2 Å². The molecule has 1 aliphatic heterocycles. The number of ether oxygens (including phenoxy) is 1. The molecule has 0 atom stereocenters. The van der Waals surface area contributed by atoms with Crippen LogP contribution in [0, 0.1) is 0 Å². The van der Waals surface area contributed by atoms with Crippen molar-refractivity contribution in [2.45, 2.75) is 0 Å². The summed E-state index contributed by atoms with van der Waals surface area (Å²) in [7, 11) is 0. The van der Waals surface area contributed by atoms with E-state index in [1.165, 1.54) is 0 Å². The molecule has 3 nitrogen and oxygen atoms in total. The fourth-order valence-electron chi connectivity index (χ4n) is 1.28. The monoisotopic (exact) mass is 189 g/mol. The van der Waals surface area contributed by atoms with Gasteiger partial charge >= 0.3 is 0 Å². The molecule has 0 unspecified atom stereocenters. The van der Waals surface area contributed by atoms with Crippen LogP contribution < -0.4 is 5.32 Å². The first-order valence-corrected chi connectivity index (χ1v) is 4.49. The Balaban J connectivity index is 2.11. The van der Waals surface area contributed by atoms with Crippen molar-refractivity contribution in [1.82, 2.24) is 0 Å². The van der Waals surface area contributed by atoms with Gasteiger partial charge in [0.2, 0.25) is 5.78 Å². The molecule has 0 spiro atoms. The fourth-order valence-corrected chi connectivity index (χ4v) is 1.28. The largest absolute Gasteiger partial charge is 0.369 e. The van der Waals surface area contributed by atoms with Gasteiger partial charge < -0.3 is 10.1 Å². The molecular weight excluding hydrogens is 178 g/mol. The van der Waals surface area contributed by atoms with Crippen LogP contribution in [0.1, 0.15) is 0 Å². The molecule has 0 saturated carbocycles. The summed E-state index contributed by atoms with van der Waals surface area (Å²) >= 11 is 0. The Morgan fingerprint density at radius 1 is 1.21 bits per heavy atom. The van der Waals surface area contributed by atoms with Gasteiger partial charge in [0.05, 0.1) is 12.3 Å². The second-order valence-electron chi connectivity index (χ2n) is 3.05. The topological polar surface area (TPSA) is 38.3 Å². The minimum Gasteiger partial charge on any atom is -0.369 e. The lowest BCUT2D eigenvalue weighted by Crippen LogP contribution is -2.22. The van der Waals surface area contributed by atoms with Crippen molar-refractivity contribution < 1.29 is 9.53 Å². The molecule has 1 aromatic rings. The molecule has 1 N–H and O–H groups in total. The average Bonchev–Trinajstić information content (AvgIpc) is 2.23. The number of hydrogen-bond donors (Lipinski definition) is 1. The molecule has 0 aromatic heterocycles. The zero-order valence-corrected chi connectivity index (χ0v) is 7.69. The van der Waals surface area contributed by atoms with Gasteiger partial charge in [0.1, 0.15) is 6.61 Å². The molecule has 3 heteroatoms. The number of carbonyl (C=O) groups is 1. The lowest BCUT2D eigenvalue weighted by atomic mass is 10.2. The molecule has 72 valence electrons. The highest BCUT2D eigenvalue weighted by atomic mass is 16.5. The van der Waals surface area contributed by atoms with Crippen LogP contribution in [-0.2, 0) is 9.53 Å². The molecule has 1 heterocycles. The van der Waals surface area contributed by atoms with Crippen molar-refractivity contribution in [3.05, 3.63) is 42.1 Å². The Hall–Kier alpha value is -1.61. The Labute approximate surface area is 82.4 Å². The summed E-state index contributed by atoms with van der Waals surface area (Å²) < 4.78 is 4.98. The van der Waals surface area contributed by atoms with Gasteiger partial charge in [-0.3, -0.25) is 4.79 Å². The molecule has 1 aliphatic rings. The third-order valence-electron chi connectivity index (χ3n) is 1.99. The summed E-state index contributed by atoms with van der Waals surface area (Å²) in [4.78, 5) is 11.3. The molecule has 0 amide bonds. The van der Waals surface area contributed by atoms with E-state index in [0.717, 1.165) is 5.69 Å². The number of carbonyl (C=O) groups excluding carboxylic acids is 1. The fraction of sp³-hybridized carbons (Fsp3) is 0.182. The molecule has 2 rings (SSSR count). The molecule has 14 heavy (non-hydrogen) atoms. The normalized spacial score (nSPS) is 16.3. The lowest BCUT2D eigenvalue weighted by molar-refractivity contribution is -0.120. The van der Waals surface area contributed by atoms with Crippen LogP contribution in [0.5, 0.6) is 0 Å². The standard InChI is InChI=1S/C11H11NO2/c13-11-8-14-7-6-10(11)12-9-4-2-1-3-5-9/h1-6,12H,7-8H2. The summed E-state index contributed by atoms with van der Waals surface area (Å²) in [5.41, 5.74) is 1.55. The van der Waals surface area contributed by atoms with Crippen molar-refractivity contribution >= 4 is 11.5 Å². The highest BCUT2D eigenvalue weighted by Crippen LogP contribution is 2.11. The van der Waals surface area contributed by atoms with Crippen molar-refractivity contribution in [3.8, 4) is 0 Å². The van der Waals surface area contributed by atoms with Gasteiger partial charge in [-0.2, -0.15) is 0 Å². The summed E-state index contributed by atoms with van der Waals surface area (Å²) in [6, 6.07) is 9.62. The zero-order valence-electron chi connectivity index (χ0n) is 7.69. The van der Waals surface area contributed by atoms with E-state index in [1.807, 2.05) is 30.3 Å². The maximum Gasteiger partial charge on any atom is 0.204 e. The van der Waals surface area contributed by atoms with E-state index in [9.17, 15) is 4.79 Å². The number of rotatable bonds is 2. The second-order valence-corrected chi connectivity index (χ2v) is 3.05. The minimum atomic E-state index is 0.0000954. The van der Waals surface area contributed by atoms with E-state index in [4.69, 9.17) is 4.74 Å². The summed E-state index contributed by atoms with van der Waals surface area (Å²) in [6.07, 6.45) is 1.76. The molecule has 0 bridgehead atoms. The first-order valence-electron chi connectivity index (χ1n) is 4.49. The van der Waals surface area contributed by atoms with Crippen LogP contribution in [0.15, 0.2) is 42.1 Å². The van der Waals surface area contributed by atoms with E-state index in [-0.39, 0.29) is 12.4 Å². The number of para-hydroxylation sites is 1. The number of nitrogens with one attached hydrogen (secondary N) is 1. The number of Topliss-reactive ketones (excluding diaryl/α,β-unsaturated/α-hetero) is 1. The molecule has 0 aliphatic carbocycles. The predicted molar refractivity (Wildman–Crippen MR) is 54.0 cm³/mol. The first-order chi connectivity index (χ1) is 6.86. The van der Waals surface area contributed by atoms with Gasteiger partial charge in [0, 0.05) is 5.69 Å². The molecule has 0 saturated heterocycles. The third-order valence-corrected chi connectivity index (χ3v) is 1.99. The van der Waals surface area contributed by atoms with Crippen molar-refractivity contribution in [2.75, 3.05) is 18.5 Å². The van der Waals surface area contributed by atoms with Crippen LogP contribution in [0.4, 0.5) is 5.69 Å². The van der Waals surface area contributed by atoms with E-state index in [0.29, 0.717) is 12.3 Å². The lowest BCUT2D eigenvalue weighted by Gasteiger charge is -2.14.